The van der Waals surface area contributed by atoms with E-state index in [0.29, 0.717) is 25.9 Å². The normalized spacial score (nSPS) is 14.8. The van der Waals surface area contributed by atoms with Gasteiger partial charge in [0, 0.05) is 30.0 Å². The summed E-state index contributed by atoms with van der Waals surface area (Å²) >= 11 is 1.35. The molecular weight excluding hydrogens is 354 g/mol. The molecule has 2 aromatic rings. The molecule has 7 nitrogen and oxygen atoms in total. The fourth-order valence-electron chi connectivity index (χ4n) is 2.79. The van der Waals surface area contributed by atoms with Crippen molar-refractivity contribution in [3.63, 3.8) is 0 Å². The highest BCUT2D eigenvalue weighted by atomic mass is 32.1. The van der Waals surface area contributed by atoms with Crippen LogP contribution in [0.3, 0.4) is 0 Å². The highest BCUT2D eigenvalue weighted by molar-refractivity contribution is 7.13. The van der Waals surface area contributed by atoms with Crippen LogP contribution >= 0.6 is 11.3 Å². The number of amides is 2. The number of carbonyl (C=O) groups excluding carboxylic acids is 3. The molecule has 1 saturated heterocycles. The lowest BCUT2D eigenvalue weighted by Gasteiger charge is -2.30. The minimum atomic E-state index is -0.621. The smallest absolute Gasteiger partial charge is 0.358 e. The topological polar surface area (TPSA) is 103 Å². The van der Waals surface area contributed by atoms with Gasteiger partial charge in [0.15, 0.2) is 12.3 Å². The van der Waals surface area contributed by atoms with Crippen LogP contribution in [0.5, 0.6) is 0 Å². The van der Waals surface area contributed by atoms with Gasteiger partial charge in [-0.3, -0.25) is 9.59 Å². The zero-order chi connectivity index (χ0) is 18.5. The average Bonchev–Trinajstić information content (AvgIpc) is 3.17. The second kappa shape index (κ2) is 8.09. The number of likely N-dealkylation sites (tertiary alicyclic amines) is 1. The molecule has 0 bridgehead atoms. The monoisotopic (exact) mass is 373 g/mol. The Morgan fingerprint density at radius 2 is 1.88 bits per heavy atom. The Morgan fingerprint density at radius 3 is 2.54 bits per heavy atom. The molecule has 1 aromatic carbocycles. The van der Waals surface area contributed by atoms with Crippen LogP contribution in [0.1, 0.15) is 23.3 Å². The third-order valence-electron chi connectivity index (χ3n) is 4.31. The lowest BCUT2D eigenvalue weighted by Crippen LogP contribution is -2.43. The van der Waals surface area contributed by atoms with Gasteiger partial charge in [0.1, 0.15) is 5.01 Å². The number of ether oxygens (including phenoxy) is 1. The van der Waals surface area contributed by atoms with Crippen LogP contribution in [0, 0.1) is 5.92 Å². The van der Waals surface area contributed by atoms with E-state index in [0.717, 1.165) is 10.6 Å². The van der Waals surface area contributed by atoms with E-state index >= 15 is 0 Å². The molecule has 0 unspecified atom stereocenters. The zero-order valence-corrected chi connectivity index (χ0v) is 14.9. The van der Waals surface area contributed by atoms with Gasteiger partial charge in [-0.05, 0) is 12.8 Å². The molecule has 136 valence electrons. The highest BCUT2D eigenvalue weighted by Crippen LogP contribution is 2.23. The van der Waals surface area contributed by atoms with Crippen molar-refractivity contribution in [1.29, 1.82) is 0 Å². The number of nitrogens with zero attached hydrogens (tertiary/aromatic N) is 2. The molecule has 1 aromatic heterocycles. The van der Waals surface area contributed by atoms with Crippen molar-refractivity contribution < 1.29 is 19.1 Å². The third-order valence-corrected chi connectivity index (χ3v) is 5.20. The predicted molar refractivity (Wildman–Crippen MR) is 96.3 cm³/mol. The van der Waals surface area contributed by atoms with Crippen LogP contribution in [0.4, 0.5) is 0 Å². The average molecular weight is 373 g/mol. The molecule has 1 fully saturated rings. The molecule has 2 amide bonds. The van der Waals surface area contributed by atoms with Gasteiger partial charge in [-0.25, -0.2) is 9.78 Å². The van der Waals surface area contributed by atoms with Crippen molar-refractivity contribution in [1.82, 2.24) is 9.88 Å². The summed E-state index contributed by atoms with van der Waals surface area (Å²) in [5, 5.41) is 2.34. The van der Waals surface area contributed by atoms with E-state index in [4.69, 9.17) is 10.5 Å². The fraction of sp³-hybridized carbons (Fsp3) is 0.333. The summed E-state index contributed by atoms with van der Waals surface area (Å²) in [6.45, 7) is 0.552. The molecular formula is C18H19N3O4S. The van der Waals surface area contributed by atoms with Gasteiger partial charge in [-0.2, -0.15) is 0 Å². The summed E-state index contributed by atoms with van der Waals surface area (Å²) in [7, 11) is 0. The molecule has 0 spiro atoms. The van der Waals surface area contributed by atoms with Crippen molar-refractivity contribution in [2.75, 3.05) is 19.7 Å². The molecule has 26 heavy (non-hydrogen) atoms. The van der Waals surface area contributed by atoms with Gasteiger partial charge in [-0.1, -0.05) is 30.3 Å². The van der Waals surface area contributed by atoms with E-state index in [1.165, 1.54) is 11.3 Å². The van der Waals surface area contributed by atoms with Crippen LogP contribution in [0.25, 0.3) is 10.6 Å². The first-order chi connectivity index (χ1) is 12.5. The number of carbonyl (C=O) groups is 3. The fourth-order valence-corrected chi connectivity index (χ4v) is 3.58. The van der Waals surface area contributed by atoms with Gasteiger partial charge < -0.3 is 15.4 Å². The van der Waals surface area contributed by atoms with E-state index in [9.17, 15) is 14.4 Å². The molecule has 2 N–H and O–H groups in total. The molecule has 0 aliphatic carbocycles. The standard InChI is InChI=1S/C18H19N3O4S/c19-16(23)12-6-8-21(9-7-12)15(22)10-25-18(24)14-11-26-17(20-14)13-4-2-1-3-5-13/h1-5,11-12H,6-10H2,(H2,19,23). The molecule has 0 radical (unpaired) electrons. The number of thiazole rings is 1. The molecule has 1 aliphatic heterocycles. The number of aromatic nitrogens is 1. The third kappa shape index (κ3) is 4.26. The van der Waals surface area contributed by atoms with Crippen LogP contribution < -0.4 is 5.73 Å². The molecule has 2 heterocycles. The van der Waals surface area contributed by atoms with Crippen molar-refractivity contribution in [3.05, 3.63) is 41.4 Å². The van der Waals surface area contributed by atoms with Gasteiger partial charge in [0.25, 0.3) is 5.91 Å². The van der Waals surface area contributed by atoms with Gasteiger partial charge in [0.05, 0.1) is 0 Å². The second-order valence-electron chi connectivity index (χ2n) is 6.04. The number of hydrogen-bond acceptors (Lipinski definition) is 6. The Labute approximate surface area is 154 Å². The number of piperidine rings is 1. The van der Waals surface area contributed by atoms with Crippen LogP contribution in [0.15, 0.2) is 35.7 Å². The van der Waals surface area contributed by atoms with Crippen molar-refractivity contribution >= 4 is 29.1 Å². The summed E-state index contributed by atoms with van der Waals surface area (Å²) in [6.07, 6.45) is 1.09. The Kier molecular flexibility index (Phi) is 5.62. The van der Waals surface area contributed by atoms with Gasteiger partial charge in [0.2, 0.25) is 5.91 Å². The van der Waals surface area contributed by atoms with E-state index in [-0.39, 0.29) is 30.0 Å². The molecule has 0 atom stereocenters. The zero-order valence-electron chi connectivity index (χ0n) is 14.1. The summed E-state index contributed by atoms with van der Waals surface area (Å²) in [4.78, 5) is 41.3. The Bertz CT molecular complexity index is 798. The summed E-state index contributed by atoms with van der Waals surface area (Å²) in [5.41, 5.74) is 6.39. The molecule has 1 aliphatic rings. The number of primary amides is 1. The number of benzene rings is 1. The van der Waals surface area contributed by atoms with E-state index in [2.05, 4.69) is 4.98 Å². The number of rotatable bonds is 5. The molecule has 8 heteroatoms. The lowest BCUT2D eigenvalue weighted by molar-refractivity contribution is -0.137. The minimum Gasteiger partial charge on any atom is -0.451 e. The maximum atomic E-state index is 12.2. The van der Waals surface area contributed by atoms with Crippen LogP contribution in [-0.2, 0) is 14.3 Å². The summed E-state index contributed by atoms with van der Waals surface area (Å²) < 4.78 is 5.09. The Morgan fingerprint density at radius 1 is 1.19 bits per heavy atom. The van der Waals surface area contributed by atoms with Crippen LogP contribution in [-0.4, -0.2) is 47.4 Å². The first-order valence-electron chi connectivity index (χ1n) is 8.30. The van der Waals surface area contributed by atoms with Gasteiger partial charge >= 0.3 is 5.97 Å². The van der Waals surface area contributed by atoms with E-state index in [1.807, 2.05) is 30.3 Å². The maximum absolute atomic E-state index is 12.2. The van der Waals surface area contributed by atoms with Crippen molar-refractivity contribution in [2.24, 2.45) is 11.7 Å². The first-order valence-corrected chi connectivity index (χ1v) is 9.17. The van der Waals surface area contributed by atoms with Gasteiger partial charge in [-0.15, -0.1) is 11.3 Å². The summed E-state index contributed by atoms with van der Waals surface area (Å²) in [5.74, 6) is -1.42. The van der Waals surface area contributed by atoms with Crippen molar-refractivity contribution in [3.8, 4) is 10.6 Å². The summed E-state index contributed by atoms with van der Waals surface area (Å²) in [6, 6.07) is 9.52. The number of nitrogens with two attached hydrogens (primary N) is 1. The predicted octanol–water partition coefficient (Wildman–Crippen LogP) is 1.69. The van der Waals surface area contributed by atoms with Crippen molar-refractivity contribution in [2.45, 2.75) is 12.8 Å². The number of esters is 1. The Hall–Kier alpha value is -2.74. The maximum Gasteiger partial charge on any atom is 0.358 e. The lowest BCUT2D eigenvalue weighted by atomic mass is 9.96. The molecule has 3 rings (SSSR count). The second-order valence-corrected chi connectivity index (χ2v) is 6.90. The quantitative estimate of drug-likeness (QED) is 0.804. The largest absolute Gasteiger partial charge is 0.451 e. The SMILES string of the molecule is NC(=O)C1CCN(C(=O)COC(=O)c2csc(-c3ccccc3)n2)CC1. The minimum absolute atomic E-state index is 0.187. The molecule has 0 saturated carbocycles. The van der Waals surface area contributed by atoms with E-state index in [1.54, 1.807) is 10.3 Å². The Balaban J connectivity index is 1.51. The van der Waals surface area contributed by atoms with E-state index < -0.39 is 5.97 Å². The highest BCUT2D eigenvalue weighted by Gasteiger charge is 2.26. The first kappa shape index (κ1) is 18.1. The number of hydrogen-bond donors (Lipinski definition) is 1. The van der Waals surface area contributed by atoms with Crippen LogP contribution in [0.2, 0.25) is 0 Å².